The number of alkyl halides is 2. The molecule has 4 nitrogen and oxygen atoms in total. The topological polar surface area (TPSA) is 38.8 Å². The highest BCUT2D eigenvalue weighted by Gasteiger charge is 2.52. The molecule has 34 heavy (non-hydrogen) atoms. The number of nitrogens with zero attached hydrogens (tertiary/aromatic N) is 1. The minimum Gasteiger partial charge on any atom is -0.483 e. The molecule has 3 heterocycles. The van der Waals surface area contributed by atoms with Crippen LogP contribution in [0.25, 0.3) is 5.57 Å². The zero-order chi connectivity index (χ0) is 24.4. The summed E-state index contributed by atoms with van der Waals surface area (Å²) in [5, 5.41) is 0.290. The molecule has 180 valence electrons. The van der Waals surface area contributed by atoms with Gasteiger partial charge in [0, 0.05) is 17.9 Å². The molecule has 1 amide bonds. The van der Waals surface area contributed by atoms with Gasteiger partial charge < -0.3 is 14.4 Å². The van der Waals surface area contributed by atoms with E-state index >= 15 is 0 Å². The Morgan fingerprint density at radius 3 is 2.38 bits per heavy atom. The quantitative estimate of drug-likeness (QED) is 0.410. The van der Waals surface area contributed by atoms with Gasteiger partial charge in [0.15, 0.2) is 5.60 Å². The number of ether oxygens (including phenoxy) is 2. The first-order valence-electron chi connectivity index (χ1n) is 10.9. The summed E-state index contributed by atoms with van der Waals surface area (Å²) in [5.41, 5.74) is 1.22. The van der Waals surface area contributed by atoms with Crippen LogP contribution in [0, 0.1) is 5.92 Å². The Bertz CT molecular complexity index is 1190. The molecule has 3 aliphatic rings. The molecule has 1 saturated heterocycles. The summed E-state index contributed by atoms with van der Waals surface area (Å²) in [6.45, 7) is 5.21. The number of likely N-dealkylation sites (tertiary alicyclic amines) is 1. The van der Waals surface area contributed by atoms with Crippen molar-refractivity contribution in [1.82, 2.24) is 4.90 Å². The van der Waals surface area contributed by atoms with Crippen molar-refractivity contribution in [1.29, 1.82) is 0 Å². The molecule has 0 radical (unpaired) electrons. The highest BCUT2D eigenvalue weighted by atomic mass is 35.5. The van der Waals surface area contributed by atoms with Crippen LogP contribution in [0.1, 0.15) is 42.5 Å². The maximum atomic E-state index is 14.3. The van der Waals surface area contributed by atoms with E-state index in [0.717, 1.165) is 16.7 Å². The normalized spacial score (nSPS) is 22.7. The second kappa shape index (κ2) is 8.37. The Hall–Kier alpha value is -1.86. The molecule has 1 atom stereocenters. The lowest BCUT2D eigenvalue weighted by atomic mass is 9.82. The Morgan fingerprint density at radius 1 is 1.09 bits per heavy atom. The monoisotopic (exact) mass is 527 g/mol. The summed E-state index contributed by atoms with van der Waals surface area (Å²) in [5.74, 6) is 0.0497. The molecular weight excluding hydrogens is 507 g/mol. The molecule has 9 heteroatoms. The zero-order valence-corrected chi connectivity index (χ0v) is 20.8. The second-order valence-corrected chi connectivity index (χ2v) is 10.6. The Labute approximate surface area is 211 Å². The minimum absolute atomic E-state index is 0.0551. The van der Waals surface area contributed by atoms with Gasteiger partial charge in [-0.25, -0.2) is 8.78 Å². The fraction of sp³-hybridized carbons (Fsp3) is 0.400. The van der Waals surface area contributed by atoms with E-state index in [1.807, 2.05) is 32.0 Å². The number of hydrogen-bond acceptors (Lipinski definition) is 3. The van der Waals surface area contributed by atoms with Crippen molar-refractivity contribution in [2.45, 2.75) is 44.5 Å². The van der Waals surface area contributed by atoms with E-state index in [9.17, 15) is 13.6 Å². The van der Waals surface area contributed by atoms with Crippen LogP contribution >= 0.6 is 34.8 Å². The van der Waals surface area contributed by atoms with Crippen LogP contribution in [-0.4, -0.2) is 30.3 Å². The molecule has 0 bridgehead atoms. The van der Waals surface area contributed by atoms with E-state index in [0.29, 0.717) is 25.3 Å². The van der Waals surface area contributed by atoms with Gasteiger partial charge in [0.05, 0.1) is 41.0 Å². The SMILES string of the molecule is CC(C)C(=O)N1CC2(C1)OCc1cc(C3=COC(c4cc(Cl)c(Cl)c(Cl)c4)(C(F)F)C3)ccc12. The third-order valence-corrected chi connectivity index (χ3v) is 8.06. The van der Waals surface area contributed by atoms with Crippen LogP contribution in [0.15, 0.2) is 36.6 Å². The van der Waals surface area contributed by atoms with Gasteiger partial charge in [-0.2, -0.15) is 0 Å². The average Bonchev–Trinajstić information content (AvgIpc) is 3.38. The summed E-state index contributed by atoms with van der Waals surface area (Å²) < 4.78 is 40.4. The van der Waals surface area contributed by atoms with Crippen LogP contribution in [0.3, 0.4) is 0 Å². The maximum absolute atomic E-state index is 14.3. The van der Waals surface area contributed by atoms with Crippen LogP contribution in [-0.2, 0) is 32.1 Å². The molecule has 1 spiro atoms. The van der Waals surface area contributed by atoms with Crippen molar-refractivity contribution in [2.75, 3.05) is 13.1 Å². The lowest BCUT2D eigenvalue weighted by molar-refractivity contribution is -0.171. The minimum atomic E-state index is -2.82. The van der Waals surface area contributed by atoms with Crippen molar-refractivity contribution in [3.63, 3.8) is 0 Å². The van der Waals surface area contributed by atoms with E-state index in [4.69, 9.17) is 44.3 Å². The fourth-order valence-corrected chi connectivity index (χ4v) is 5.54. The average molecular weight is 529 g/mol. The first kappa shape index (κ1) is 23.9. The second-order valence-electron chi connectivity index (χ2n) is 9.39. The zero-order valence-electron chi connectivity index (χ0n) is 18.5. The summed E-state index contributed by atoms with van der Waals surface area (Å²) in [6.07, 6.45) is -1.50. The summed E-state index contributed by atoms with van der Waals surface area (Å²) in [7, 11) is 0. The van der Waals surface area contributed by atoms with Crippen molar-refractivity contribution in [3.05, 3.63) is 73.9 Å². The summed E-state index contributed by atoms with van der Waals surface area (Å²) in [6, 6.07) is 8.56. The Kier molecular flexibility index (Phi) is 5.87. The van der Waals surface area contributed by atoms with Gasteiger partial charge in [-0.1, -0.05) is 60.8 Å². The number of fused-ring (bicyclic) bond motifs is 2. The van der Waals surface area contributed by atoms with Crippen LogP contribution < -0.4 is 0 Å². The number of carbonyl (C=O) groups is 1. The van der Waals surface area contributed by atoms with Gasteiger partial charge >= 0.3 is 0 Å². The molecule has 0 N–H and O–H groups in total. The molecule has 3 aliphatic heterocycles. The van der Waals surface area contributed by atoms with E-state index in [1.165, 1.54) is 18.4 Å². The van der Waals surface area contributed by atoms with Crippen LogP contribution in [0.2, 0.25) is 15.1 Å². The third-order valence-electron chi connectivity index (χ3n) is 6.86. The van der Waals surface area contributed by atoms with E-state index in [2.05, 4.69) is 0 Å². The van der Waals surface area contributed by atoms with Gasteiger partial charge in [-0.3, -0.25) is 4.79 Å². The molecule has 2 aromatic rings. The van der Waals surface area contributed by atoms with E-state index in [1.54, 1.807) is 4.90 Å². The predicted molar refractivity (Wildman–Crippen MR) is 127 cm³/mol. The lowest BCUT2D eigenvalue weighted by Crippen LogP contribution is -2.61. The van der Waals surface area contributed by atoms with Gasteiger partial charge in [-0.15, -0.1) is 0 Å². The number of rotatable bonds is 4. The maximum Gasteiger partial charge on any atom is 0.282 e. The van der Waals surface area contributed by atoms with Gasteiger partial charge in [0.25, 0.3) is 6.43 Å². The Balaban J connectivity index is 1.39. The predicted octanol–water partition coefficient (Wildman–Crippen LogP) is 6.79. The van der Waals surface area contributed by atoms with Crippen molar-refractivity contribution < 1.29 is 23.0 Å². The Morgan fingerprint density at radius 2 is 1.76 bits per heavy atom. The molecule has 1 unspecified atom stereocenters. The molecule has 1 fully saturated rings. The van der Waals surface area contributed by atoms with E-state index < -0.39 is 17.6 Å². The summed E-state index contributed by atoms with van der Waals surface area (Å²) >= 11 is 18.2. The fourth-order valence-electron chi connectivity index (χ4n) is 4.94. The van der Waals surface area contributed by atoms with Gasteiger partial charge in [0.2, 0.25) is 5.91 Å². The lowest BCUT2D eigenvalue weighted by Gasteiger charge is -2.48. The number of hydrogen-bond donors (Lipinski definition) is 0. The largest absolute Gasteiger partial charge is 0.483 e. The molecule has 0 aliphatic carbocycles. The summed E-state index contributed by atoms with van der Waals surface area (Å²) in [4.78, 5) is 14.1. The number of carbonyl (C=O) groups excluding carboxylic acids is 1. The van der Waals surface area contributed by atoms with Crippen LogP contribution in [0.4, 0.5) is 8.78 Å². The van der Waals surface area contributed by atoms with Crippen LogP contribution in [0.5, 0.6) is 0 Å². The molecule has 2 aromatic carbocycles. The first-order valence-corrected chi connectivity index (χ1v) is 12.1. The molecule has 5 rings (SSSR count). The van der Waals surface area contributed by atoms with Gasteiger partial charge in [-0.05, 0) is 40.5 Å². The highest BCUT2D eigenvalue weighted by Crippen LogP contribution is 2.50. The van der Waals surface area contributed by atoms with Crippen molar-refractivity contribution in [2.24, 2.45) is 5.92 Å². The third kappa shape index (κ3) is 3.62. The smallest absolute Gasteiger partial charge is 0.282 e. The molecular formula is C25H22Cl3F2NO3. The van der Waals surface area contributed by atoms with E-state index in [-0.39, 0.29) is 38.9 Å². The number of amides is 1. The number of benzene rings is 2. The van der Waals surface area contributed by atoms with Crippen molar-refractivity contribution in [3.8, 4) is 0 Å². The molecule has 0 aromatic heterocycles. The van der Waals surface area contributed by atoms with Gasteiger partial charge in [0.1, 0.15) is 5.60 Å². The molecule has 0 saturated carbocycles. The van der Waals surface area contributed by atoms with Crippen molar-refractivity contribution >= 4 is 46.3 Å². The standard InChI is InChI=1S/C25H22Cl3F2NO3/c1-13(2)22(32)31-11-24(12-31)18-4-3-14(5-15(18)9-33-24)16-8-25(23(29)30,34-10-16)17-6-19(26)21(28)20(27)7-17/h3-7,10,13,23H,8-9,11-12H2,1-2H3. The number of halogens is 5. The highest BCUT2D eigenvalue weighted by molar-refractivity contribution is 6.48. The first-order chi connectivity index (χ1) is 16.1.